The maximum atomic E-state index is 12.2. The van der Waals surface area contributed by atoms with Crippen molar-refractivity contribution in [2.45, 2.75) is 32.2 Å². The van der Waals surface area contributed by atoms with E-state index in [0.29, 0.717) is 6.42 Å². The van der Waals surface area contributed by atoms with Gasteiger partial charge in [0.2, 0.25) is 5.91 Å². The summed E-state index contributed by atoms with van der Waals surface area (Å²) in [6, 6.07) is 1.89. The largest absolute Gasteiger partial charge is 0.332 e. The second-order valence-electron chi connectivity index (χ2n) is 4.33. The Labute approximate surface area is 122 Å². The lowest BCUT2D eigenvalue weighted by Gasteiger charge is -2.23. The van der Waals surface area contributed by atoms with Crippen LogP contribution in [-0.4, -0.2) is 38.8 Å². The quantitative estimate of drug-likeness (QED) is 0.597. The van der Waals surface area contributed by atoms with E-state index in [1.54, 1.807) is 23.2 Å². The van der Waals surface area contributed by atoms with Crippen LogP contribution < -0.4 is 0 Å². The van der Waals surface area contributed by atoms with Crippen LogP contribution in [0, 0.1) is 0 Å². The predicted octanol–water partition coefficient (Wildman–Crippen LogP) is 2.93. The van der Waals surface area contributed by atoms with Gasteiger partial charge in [0.05, 0.1) is 6.04 Å². The standard InChI is InChI=1S/C13H19N3OS2/c1-2-18-19-10-6-12(17)16-9-3-5-11(16)13-14-7-4-8-15-13/h4,7-8,11H,2-3,5-6,9-10H2,1H3/t11-/m0/s1. The van der Waals surface area contributed by atoms with Crippen molar-refractivity contribution in [3.8, 4) is 0 Å². The Hall–Kier alpha value is -0.750. The third kappa shape index (κ3) is 4.11. The fourth-order valence-electron chi connectivity index (χ4n) is 2.23. The van der Waals surface area contributed by atoms with Crippen LogP contribution in [-0.2, 0) is 4.79 Å². The first-order valence-corrected chi connectivity index (χ1v) is 9.12. The van der Waals surface area contributed by atoms with E-state index >= 15 is 0 Å². The number of hydrogen-bond acceptors (Lipinski definition) is 5. The second-order valence-corrected chi connectivity index (χ2v) is 7.20. The molecule has 0 N–H and O–H groups in total. The Bertz CT molecular complexity index is 402. The third-order valence-corrected chi connectivity index (χ3v) is 5.54. The average molecular weight is 297 g/mol. The fourth-order valence-corrected chi connectivity index (χ4v) is 3.88. The molecule has 6 heteroatoms. The lowest BCUT2D eigenvalue weighted by atomic mass is 10.2. The van der Waals surface area contributed by atoms with Crippen molar-refractivity contribution >= 4 is 27.5 Å². The van der Waals surface area contributed by atoms with Crippen LogP contribution in [0.5, 0.6) is 0 Å². The maximum Gasteiger partial charge on any atom is 0.224 e. The molecule has 1 aromatic rings. The molecule has 0 radical (unpaired) electrons. The molecule has 1 aliphatic rings. The normalized spacial score (nSPS) is 18.8. The van der Waals surface area contributed by atoms with Gasteiger partial charge in [0.1, 0.15) is 0 Å². The Morgan fingerprint density at radius 1 is 1.42 bits per heavy atom. The lowest BCUT2D eigenvalue weighted by Crippen LogP contribution is -2.31. The van der Waals surface area contributed by atoms with Crippen LogP contribution in [0.1, 0.15) is 38.1 Å². The van der Waals surface area contributed by atoms with Crippen molar-refractivity contribution in [1.82, 2.24) is 14.9 Å². The van der Waals surface area contributed by atoms with E-state index < -0.39 is 0 Å². The highest BCUT2D eigenvalue weighted by Gasteiger charge is 2.31. The van der Waals surface area contributed by atoms with E-state index in [2.05, 4.69) is 16.9 Å². The van der Waals surface area contributed by atoms with E-state index in [9.17, 15) is 4.79 Å². The van der Waals surface area contributed by atoms with Gasteiger partial charge in [-0.25, -0.2) is 9.97 Å². The van der Waals surface area contributed by atoms with Gasteiger partial charge in [0.25, 0.3) is 0 Å². The van der Waals surface area contributed by atoms with Gasteiger partial charge < -0.3 is 4.90 Å². The fraction of sp³-hybridized carbons (Fsp3) is 0.615. The first kappa shape index (κ1) is 14.7. The molecule has 19 heavy (non-hydrogen) atoms. The van der Waals surface area contributed by atoms with Gasteiger partial charge in [-0.3, -0.25) is 4.79 Å². The highest BCUT2D eigenvalue weighted by Crippen LogP contribution is 2.30. The summed E-state index contributed by atoms with van der Waals surface area (Å²) < 4.78 is 0. The SMILES string of the molecule is CCSSCCC(=O)N1CCC[C@H]1c1ncccn1. The number of amides is 1. The molecule has 0 saturated carbocycles. The molecule has 1 atom stereocenters. The molecule has 1 saturated heterocycles. The summed E-state index contributed by atoms with van der Waals surface area (Å²) in [5, 5.41) is 0. The molecule has 1 aromatic heterocycles. The van der Waals surface area contributed by atoms with Crippen LogP contribution in [0.15, 0.2) is 18.5 Å². The number of likely N-dealkylation sites (tertiary alicyclic amines) is 1. The zero-order chi connectivity index (χ0) is 13.5. The van der Waals surface area contributed by atoms with Gasteiger partial charge in [-0.1, -0.05) is 28.5 Å². The van der Waals surface area contributed by atoms with Crippen molar-refractivity contribution < 1.29 is 4.79 Å². The first-order chi connectivity index (χ1) is 9.33. The molecule has 0 aliphatic carbocycles. The number of rotatable bonds is 6. The van der Waals surface area contributed by atoms with E-state index in [1.807, 2.05) is 21.8 Å². The van der Waals surface area contributed by atoms with Gasteiger partial charge in [-0.15, -0.1) is 0 Å². The van der Waals surface area contributed by atoms with Crippen molar-refractivity contribution in [3.63, 3.8) is 0 Å². The Morgan fingerprint density at radius 2 is 2.21 bits per heavy atom. The molecule has 0 spiro atoms. The molecule has 0 aromatic carbocycles. The van der Waals surface area contributed by atoms with Crippen LogP contribution in [0.25, 0.3) is 0 Å². The number of nitrogens with zero attached hydrogens (tertiary/aromatic N) is 3. The summed E-state index contributed by atoms with van der Waals surface area (Å²) >= 11 is 0. The van der Waals surface area contributed by atoms with Gasteiger partial charge in [-0.05, 0) is 18.9 Å². The Balaban J connectivity index is 1.90. The average Bonchev–Trinajstić information content (AvgIpc) is 2.94. The second kappa shape index (κ2) is 7.75. The van der Waals surface area contributed by atoms with E-state index in [1.165, 1.54) is 0 Å². The zero-order valence-electron chi connectivity index (χ0n) is 11.1. The number of aromatic nitrogens is 2. The summed E-state index contributed by atoms with van der Waals surface area (Å²) in [7, 11) is 3.59. The van der Waals surface area contributed by atoms with Crippen LogP contribution in [0.3, 0.4) is 0 Å². The monoisotopic (exact) mass is 297 g/mol. The molecule has 0 unspecified atom stereocenters. The number of hydrogen-bond donors (Lipinski definition) is 0. The minimum absolute atomic E-state index is 0.0810. The zero-order valence-corrected chi connectivity index (χ0v) is 12.8. The summed E-state index contributed by atoms with van der Waals surface area (Å²) in [5.41, 5.74) is 0. The van der Waals surface area contributed by atoms with Crippen LogP contribution >= 0.6 is 21.6 Å². The molecule has 0 bridgehead atoms. The van der Waals surface area contributed by atoms with E-state index in [0.717, 1.165) is 36.7 Å². The summed E-state index contributed by atoms with van der Waals surface area (Å²) in [6.07, 6.45) is 6.13. The minimum atomic E-state index is 0.0810. The molecule has 1 aliphatic heterocycles. The van der Waals surface area contributed by atoms with Crippen molar-refractivity contribution in [1.29, 1.82) is 0 Å². The smallest absolute Gasteiger partial charge is 0.224 e. The van der Waals surface area contributed by atoms with Crippen molar-refractivity contribution in [2.75, 3.05) is 18.1 Å². The Morgan fingerprint density at radius 3 is 2.95 bits per heavy atom. The van der Waals surface area contributed by atoms with Gasteiger partial charge in [0.15, 0.2) is 5.82 Å². The van der Waals surface area contributed by atoms with Gasteiger partial charge in [-0.2, -0.15) is 0 Å². The highest BCUT2D eigenvalue weighted by molar-refractivity contribution is 8.76. The summed E-state index contributed by atoms with van der Waals surface area (Å²) in [4.78, 5) is 22.8. The van der Waals surface area contributed by atoms with Crippen molar-refractivity contribution in [2.24, 2.45) is 0 Å². The topological polar surface area (TPSA) is 46.1 Å². The molecular weight excluding hydrogens is 278 g/mol. The molecule has 104 valence electrons. The van der Waals surface area contributed by atoms with Crippen LogP contribution in [0.2, 0.25) is 0 Å². The number of carbonyl (C=O) groups is 1. The predicted molar refractivity (Wildman–Crippen MR) is 80.9 cm³/mol. The van der Waals surface area contributed by atoms with Crippen LogP contribution in [0.4, 0.5) is 0 Å². The molecule has 4 nitrogen and oxygen atoms in total. The first-order valence-electron chi connectivity index (χ1n) is 6.63. The maximum absolute atomic E-state index is 12.2. The molecule has 1 amide bonds. The lowest BCUT2D eigenvalue weighted by molar-refractivity contribution is -0.131. The molecular formula is C13H19N3OS2. The molecule has 2 rings (SSSR count). The molecule has 1 fully saturated rings. The van der Waals surface area contributed by atoms with Gasteiger partial charge >= 0.3 is 0 Å². The number of carbonyl (C=O) groups excluding carboxylic acids is 1. The van der Waals surface area contributed by atoms with Gasteiger partial charge in [0, 0.05) is 36.9 Å². The Kier molecular flexibility index (Phi) is 5.97. The van der Waals surface area contributed by atoms with Crippen molar-refractivity contribution in [3.05, 3.63) is 24.3 Å². The molecule has 2 heterocycles. The van der Waals surface area contributed by atoms with E-state index in [-0.39, 0.29) is 11.9 Å². The summed E-state index contributed by atoms with van der Waals surface area (Å²) in [6.45, 7) is 2.97. The minimum Gasteiger partial charge on any atom is -0.332 e. The highest BCUT2D eigenvalue weighted by atomic mass is 33.1. The van der Waals surface area contributed by atoms with E-state index in [4.69, 9.17) is 0 Å². The summed E-state index contributed by atoms with van der Waals surface area (Å²) in [5.74, 6) is 2.99. The third-order valence-electron chi connectivity index (χ3n) is 3.06.